The molecule has 3 nitrogen and oxygen atoms in total. The van der Waals surface area contributed by atoms with Gasteiger partial charge in [0.2, 0.25) is 0 Å². The van der Waals surface area contributed by atoms with Crippen molar-refractivity contribution in [2.75, 3.05) is 0 Å². The molecule has 0 bridgehead atoms. The van der Waals surface area contributed by atoms with Crippen LogP contribution in [-0.4, -0.2) is 9.97 Å². The predicted molar refractivity (Wildman–Crippen MR) is 92.2 cm³/mol. The van der Waals surface area contributed by atoms with Gasteiger partial charge in [-0.25, -0.2) is 0 Å². The lowest BCUT2D eigenvalue weighted by Gasteiger charge is -2.06. The highest BCUT2D eigenvalue weighted by atomic mass is 32.1. The summed E-state index contributed by atoms with van der Waals surface area (Å²) in [5, 5.41) is 5.28. The molecular weight excluding hydrogens is 300 g/mol. The van der Waals surface area contributed by atoms with Crippen LogP contribution in [0.1, 0.15) is 16.8 Å². The zero-order valence-electron chi connectivity index (χ0n) is 11.7. The SMILES string of the molecule is Cc1[nH]c2c(OCc3ccsc3)cccc2c1CC(N)=S. The highest BCUT2D eigenvalue weighted by Crippen LogP contribution is 2.30. The van der Waals surface area contributed by atoms with E-state index in [2.05, 4.69) is 27.9 Å². The second-order valence-corrected chi connectivity index (χ2v) is 6.28. The molecule has 0 saturated heterocycles. The standard InChI is InChI=1S/C16H16N2OS2/c1-10-13(7-15(17)20)12-3-2-4-14(16(12)18-10)19-8-11-5-6-21-9-11/h2-6,9,18H,7-8H2,1H3,(H2,17,20). The summed E-state index contributed by atoms with van der Waals surface area (Å²) < 4.78 is 5.95. The first-order valence-electron chi connectivity index (χ1n) is 6.67. The maximum absolute atomic E-state index is 5.95. The first kappa shape index (κ1) is 14.1. The molecule has 0 atom stereocenters. The zero-order valence-corrected chi connectivity index (χ0v) is 13.3. The molecule has 0 aliphatic carbocycles. The number of aromatic amines is 1. The summed E-state index contributed by atoms with van der Waals surface area (Å²) in [6.45, 7) is 2.61. The number of thiophene rings is 1. The van der Waals surface area contributed by atoms with Crippen LogP contribution < -0.4 is 10.5 Å². The number of aromatic nitrogens is 1. The number of hydrogen-bond donors (Lipinski definition) is 2. The number of fused-ring (bicyclic) bond motifs is 1. The third-order valence-corrected chi connectivity index (χ3v) is 4.32. The van der Waals surface area contributed by atoms with Crippen LogP contribution in [0.15, 0.2) is 35.0 Å². The molecule has 0 radical (unpaired) electrons. The van der Waals surface area contributed by atoms with Gasteiger partial charge in [-0.15, -0.1) is 0 Å². The van der Waals surface area contributed by atoms with Gasteiger partial charge in [0.1, 0.15) is 12.4 Å². The maximum Gasteiger partial charge on any atom is 0.143 e. The predicted octanol–water partition coefficient (Wildman–Crippen LogP) is 3.95. The Balaban J connectivity index is 1.94. The molecule has 0 aliphatic heterocycles. The molecule has 2 aromatic heterocycles. The first-order chi connectivity index (χ1) is 10.1. The van der Waals surface area contributed by atoms with E-state index in [1.807, 2.05) is 19.1 Å². The lowest BCUT2D eigenvalue weighted by Crippen LogP contribution is -2.11. The molecule has 3 rings (SSSR count). The molecule has 0 spiro atoms. The van der Waals surface area contributed by atoms with Gasteiger partial charge in [0.25, 0.3) is 0 Å². The molecule has 3 N–H and O–H groups in total. The van der Waals surface area contributed by atoms with Crippen molar-refractivity contribution in [3.8, 4) is 5.75 Å². The van der Waals surface area contributed by atoms with Gasteiger partial charge in [-0.1, -0.05) is 24.4 Å². The first-order valence-corrected chi connectivity index (χ1v) is 8.02. The number of rotatable bonds is 5. The number of benzene rings is 1. The number of para-hydroxylation sites is 1. The Morgan fingerprint density at radius 2 is 2.24 bits per heavy atom. The minimum Gasteiger partial charge on any atom is -0.487 e. The number of hydrogen-bond acceptors (Lipinski definition) is 3. The van der Waals surface area contributed by atoms with Crippen LogP contribution in [0.5, 0.6) is 5.75 Å². The lowest BCUT2D eigenvalue weighted by molar-refractivity contribution is 0.310. The summed E-state index contributed by atoms with van der Waals surface area (Å²) in [6.07, 6.45) is 0.606. The third-order valence-electron chi connectivity index (χ3n) is 3.44. The molecule has 5 heteroatoms. The second kappa shape index (κ2) is 5.87. The van der Waals surface area contributed by atoms with Gasteiger partial charge in [-0.05, 0) is 40.9 Å². The molecular formula is C16H16N2OS2. The van der Waals surface area contributed by atoms with Gasteiger partial charge < -0.3 is 15.5 Å². The van der Waals surface area contributed by atoms with Crippen molar-refractivity contribution >= 4 is 39.4 Å². The summed E-state index contributed by atoms with van der Waals surface area (Å²) in [5.74, 6) is 0.857. The molecule has 0 unspecified atom stereocenters. The van der Waals surface area contributed by atoms with Crippen molar-refractivity contribution in [2.24, 2.45) is 5.73 Å². The maximum atomic E-state index is 5.95. The molecule has 0 aliphatic rings. The van der Waals surface area contributed by atoms with E-state index < -0.39 is 0 Å². The van der Waals surface area contributed by atoms with Crippen LogP contribution in [0.4, 0.5) is 0 Å². The van der Waals surface area contributed by atoms with Crippen LogP contribution in [-0.2, 0) is 13.0 Å². The molecule has 0 fully saturated rings. The second-order valence-electron chi connectivity index (χ2n) is 4.97. The number of H-pyrrole nitrogens is 1. The number of nitrogens with one attached hydrogen (secondary N) is 1. The van der Waals surface area contributed by atoms with Gasteiger partial charge in [0.15, 0.2) is 0 Å². The van der Waals surface area contributed by atoms with Gasteiger partial charge in [0.05, 0.1) is 10.5 Å². The Kier molecular flexibility index (Phi) is 3.94. The quantitative estimate of drug-likeness (QED) is 0.701. The van der Waals surface area contributed by atoms with Gasteiger partial charge in [0, 0.05) is 17.5 Å². The summed E-state index contributed by atoms with van der Waals surface area (Å²) in [4.78, 5) is 3.90. The average molecular weight is 316 g/mol. The Labute approximate surface area is 132 Å². The van der Waals surface area contributed by atoms with E-state index in [1.165, 1.54) is 5.56 Å². The van der Waals surface area contributed by atoms with Crippen molar-refractivity contribution in [3.63, 3.8) is 0 Å². The van der Waals surface area contributed by atoms with E-state index in [9.17, 15) is 0 Å². The summed E-state index contributed by atoms with van der Waals surface area (Å²) >= 11 is 6.71. The molecule has 0 amide bonds. The van der Waals surface area contributed by atoms with Gasteiger partial charge in [-0.3, -0.25) is 0 Å². The summed E-state index contributed by atoms with van der Waals surface area (Å²) in [6, 6.07) is 8.13. The fraction of sp³-hybridized carbons (Fsp3) is 0.188. The average Bonchev–Trinajstić information content (AvgIpc) is 3.06. The monoisotopic (exact) mass is 316 g/mol. The fourth-order valence-electron chi connectivity index (χ4n) is 2.43. The van der Waals surface area contributed by atoms with E-state index >= 15 is 0 Å². The fourth-order valence-corrected chi connectivity index (χ4v) is 3.23. The Hall–Kier alpha value is -1.85. The van der Waals surface area contributed by atoms with Crippen LogP contribution >= 0.6 is 23.6 Å². The van der Waals surface area contributed by atoms with Crippen LogP contribution in [0.25, 0.3) is 10.9 Å². The molecule has 108 valence electrons. The molecule has 3 aromatic rings. The number of thiocarbonyl (C=S) groups is 1. The van der Waals surface area contributed by atoms with Gasteiger partial charge >= 0.3 is 0 Å². The van der Waals surface area contributed by atoms with Crippen molar-refractivity contribution in [3.05, 3.63) is 51.8 Å². The topological polar surface area (TPSA) is 51.0 Å². The minimum absolute atomic E-state index is 0.503. The highest BCUT2D eigenvalue weighted by Gasteiger charge is 2.12. The zero-order chi connectivity index (χ0) is 14.8. The Morgan fingerprint density at radius 1 is 1.38 bits per heavy atom. The van der Waals surface area contributed by atoms with Crippen molar-refractivity contribution in [2.45, 2.75) is 20.0 Å². The summed E-state index contributed by atoms with van der Waals surface area (Å²) in [7, 11) is 0. The summed E-state index contributed by atoms with van der Waals surface area (Å²) in [5.41, 5.74) is 10.1. The minimum atomic E-state index is 0.503. The van der Waals surface area contributed by atoms with Crippen LogP contribution in [0, 0.1) is 6.92 Å². The van der Waals surface area contributed by atoms with E-state index in [-0.39, 0.29) is 0 Å². The van der Waals surface area contributed by atoms with Crippen LogP contribution in [0.3, 0.4) is 0 Å². The van der Waals surface area contributed by atoms with E-state index in [0.717, 1.165) is 27.9 Å². The Bertz CT molecular complexity index is 775. The van der Waals surface area contributed by atoms with E-state index in [4.69, 9.17) is 22.7 Å². The highest BCUT2D eigenvalue weighted by molar-refractivity contribution is 7.80. The third kappa shape index (κ3) is 2.94. The van der Waals surface area contributed by atoms with Gasteiger partial charge in [-0.2, -0.15) is 11.3 Å². The number of aryl methyl sites for hydroxylation is 1. The molecule has 1 aromatic carbocycles. The smallest absolute Gasteiger partial charge is 0.143 e. The molecule has 2 heterocycles. The molecule has 21 heavy (non-hydrogen) atoms. The van der Waals surface area contributed by atoms with Crippen molar-refractivity contribution < 1.29 is 4.74 Å². The van der Waals surface area contributed by atoms with Crippen molar-refractivity contribution in [1.82, 2.24) is 4.98 Å². The largest absolute Gasteiger partial charge is 0.487 e. The Morgan fingerprint density at radius 3 is 2.95 bits per heavy atom. The normalized spacial score (nSPS) is 10.9. The number of ether oxygens (including phenoxy) is 1. The molecule has 0 saturated carbocycles. The lowest BCUT2D eigenvalue weighted by atomic mass is 10.1. The van der Waals surface area contributed by atoms with Crippen LogP contribution in [0.2, 0.25) is 0 Å². The van der Waals surface area contributed by atoms with E-state index in [0.29, 0.717) is 18.0 Å². The van der Waals surface area contributed by atoms with E-state index in [1.54, 1.807) is 11.3 Å². The number of nitrogens with two attached hydrogens (primary N) is 1. The van der Waals surface area contributed by atoms with Crippen molar-refractivity contribution in [1.29, 1.82) is 0 Å².